The molecule has 0 saturated carbocycles. The van der Waals surface area contributed by atoms with Crippen molar-refractivity contribution >= 4 is 5.97 Å². The first-order valence-corrected chi connectivity index (χ1v) is 7.33. The molecule has 0 aromatic carbocycles. The first-order chi connectivity index (χ1) is 8.62. The minimum Gasteiger partial charge on any atom is -0.480 e. The average Bonchev–Trinajstić information content (AvgIpc) is 2.27. The molecule has 0 fully saturated rings. The van der Waals surface area contributed by atoms with E-state index in [1.807, 2.05) is 13.8 Å². The molecule has 2 N–H and O–H groups in total. The molecular formula is C15H32N2O2. The van der Waals surface area contributed by atoms with Crippen molar-refractivity contribution in [3.05, 3.63) is 0 Å². The Hall–Kier alpha value is -0.610. The number of hydrogen-bond acceptors (Lipinski definition) is 3. The number of aliphatic carboxylic acids is 1. The van der Waals surface area contributed by atoms with E-state index in [2.05, 4.69) is 38.0 Å². The maximum Gasteiger partial charge on any atom is 0.323 e. The van der Waals surface area contributed by atoms with Crippen molar-refractivity contribution in [3.8, 4) is 0 Å². The Bertz CT molecular complexity index is 281. The lowest BCUT2D eigenvalue weighted by molar-refractivity contribution is -0.145. The first kappa shape index (κ1) is 18.4. The summed E-state index contributed by atoms with van der Waals surface area (Å²) in [6, 6.07) is 0.398. The van der Waals surface area contributed by atoms with Crippen LogP contribution in [0.1, 0.15) is 54.4 Å². The molecule has 0 spiro atoms. The van der Waals surface area contributed by atoms with Crippen molar-refractivity contribution in [1.29, 1.82) is 0 Å². The second kappa shape index (κ2) is 7.85. The topological polar surface area (TPSA) is 52.6 Å². The van der Waals surface area contributed by atoms with Crippen molar-refractivity contribution in [2.24, 2.45) is 5.92 Å². The fourth-order valence-corrected chi connectivity index (χ4v) is 2.39. The van der Waals surface area contributed by atoms with Gasteiger partial charge < -0.3 is 10.0 Å². The lowest BCUT2D eigenvalue weighted by Crippen LogP contribution is -2.55. The standard InChI is InChI=1S/C15H32N2O2/c1-8-12(4)10-17(7)13(5)9-15(6,14(18)19)16-11(2)3/h11-13,16H,8-10H2,1-7H3,(H,18,19). The summed E-state index contributed by atoms with van der Waals surface area (Å²) in [7, 11) is 2.08. The molecular weight excluding hydrogens is 240 g/mol. The summed E-state index contributed by atoms with van der Waals surface area (Å²) in [5.74, 6) is -0.133. The molecule has 0 saturated heterocycles. The summed E-state index contributed by atoms with van der Waals surface area (Å²) in [4.78, 5) is 13.8. The molecule has 0 heterocycles. The van der Waals surface area contributed by atoms with Gasteiger partial charge in [0.1, 0.15) is 5.54 Å². The Morgan fingerprint density at radius 1 is 1.32 bits per heavy atom. The highest BCUT2D eigenvalue weighted by atomic mass is 16.4. The van der Waals surface area contributed by atoms with Crippen LogP contribution in [0.15, 0.2) is 0 Å². The van der Waals surface area contributed by atoms with Crippen molar-refractivity contribution in [1.82, 2.24) is 10.2 Å². The Balaban J connectivity index is 4.63. The van der Waals surface area contributed by atoms with Crippen molar-refractivity contribution in [2.75, 3.05) is 13.6 Å². The van der Waals surface area contributed by atoms with Crippen molar-refractivity contribution in [2.45, 2.75) is 72.0 Å². The summed E-state index contributed by atoms with van der Waals surface area (Å²) >= 11 is 0. The lowest BCUT2D eigenvalue weighted by Gasteiger charge is -2.35. The van der Waals surface area contributed by atoms with Gasteiger partial charge in [-0.3, -0.25) is 10.1 Å². The van der Waals surface area contributed by atoms with Crippen LogP contribution in [0.3, 0.4) is 0 Å². The van der Waals surface area contributed by atoms with Gasteiger partial charge in [0.25, 0.3) is 0 Å². The SMILES string of the molecule is CCC(C)CN(C)C(C)CC(C)(NC(C)C)C(=O)O. The van der Waals surface area contributed by atoms with Crippen LogP contribution in [-0.2, 0) is 4.79 Å². The van der Waals surface area contributed by atoms with Crippen LogP contribution in [-0.4, -0.2) is 47.2 Å². The van der Waals surface area contributed by atoms with Gasteiger partial charge in [-0.05, 0) is 47.1 Å². The van der Waals surface area contributed by atoms with Crippen LogP contribution in [0.2, 0.25) is 0 Å². The summed E-state index contributed by atoms with van der Waals surface area (Å²) in [5, 5.41) is 12.6. The van der Waals surface area contributed by atoms with Crippen LogP contribution in [0.4, 0.5) is 0 Å². The quantitative estimate of drug-likeness (QED) is 0.677. The van der Waals surface area contributed by atoms with Crippen LogP contribution in [0.5, 0.6) is 0 Å². The second-order valence-electron chi connectivity index (χ2n) is 6.44. The van der Waals surface area contributed by atoms with Gasteiger partial charge in [0.2, 0.25) is 0 Å². The van der Waals surface area contributed by atoms with Gasteiger partial charge in [0.05, 0.1) is 0 Å². The third-order valence-corrected chi connectivity index (χ3v) is 3.83. The molecule has 19 heavy (non-hydrogen) atoms. The normalized spacial score (nSPS) is 18.4. The average molecular weight is 272 g/mol. The number of carboxylic acids is 1. The van der Waals surface area contributed by atoms with E-state index < -0.39 is 11.5 Å². The van der Waals surface area contributed by atoms with Crippen LogP contribution in [0.25, 0.3) is 0 Å². The smallest absolute Gasteiger partial charge is 0.323 e. The zero-order chi connectivity index (χ0) is 15.2. The number of carboxylic acid groups (broad SMARTS) is 1. The molecule has 3 unspecified atom stereocenters. The Kier molecular flexibility index (Phi) is 7.60. The maximum absolute atomic E-state index is 11.5. The minimum atomic E-state index is -0.864. The van der Waals surface area contributed by atoms with Crippen molar-refractivity contribution < 1.29 is 9.90 Å². The van der Waals surface area contributed by atoms with E-state index in [0.717, 1.165) is 13.0 Å². The van der Waals surface area contributed by atoms with E-state index in [9.17, 15) is 9.90 Å². The first-order valence-electron chi connectivity index (χ1n) is 7.33. The highest BCUT2D eigenvalue weighted by Gasteiger charge is 2.35. The van der Waals surface area contributed by atoms with Gasteiger partial charge in [0, 0.05) is 18.6 Å². The molecule has 0 amide bonds. The van der Waals surface area contributed by atoms with Gasteiger partial charge in [0.15, 0.2) is 0 Å². The lowest BCUT2D eigenvalue weighted by atomic mass is 9.91. The zero-order valence-corrected chi connectivity index (χ0v) is 13.7. The van der Waals surface area contributed by atoms with E-state index in [4.69, 9.17) is 0 Å². The van der Waals surface area contributed by atoms with Gasteiger partial charge in [-0.15, -0.1) is 0 Å². The van der Waals surface area contributed by atoms with Crippen LogP contribution in [0, 0.1) is 5.92 Å². The van der Waals surface area contributed by atoms with Gasteiger partial charge in [-0.1, -0.05) is 20.3 Å². The monoisotopic (exact) mass is 272 g/mol. The third-order valence-electron chi connectivity index (χ3n) is 3.83. The van der Waals surface area contributed by atoms with Crippen molar-refractivity contribution in [3.63, 3.8) is 0 Å². The summed E-state index contributed by atoms with van der Waals surface area (Å²) in [6.45, 7) is 13.3. The van der Waals surface area contributed by atoms with E-state index in [0.29, 0.717) is 12.3 Å². The summed E-state index contributed by atoms with van der Waals surface area (Å²) < 4.78 is 0. The second-order valence-corrected chi connectivity index (χ2v) is 6.44. The predicted molar refractivity (Wildman–Crippen MR) is 80.5 cm³/mol. The van der Waals surface area contributed by atoms with E-state index in [-0.39, 0.29) is 12.1 Å². The molecule has 0 bridgehead atoms. The molecule has 4 nitrogen and oxygen atoms in total. The van der Waals surface area contributed by atoms with E-state index >= 15 is 0 Å². The van der Waals surface area contributed by atoms with Crippen LogP contribution >= 0.6 is 0 Å². The fourth-order valence-electron chi connectivity index (χ4n) is 2.39. The van der Waals surface area contributed by atoms with E-state index in [1.165, 1.54) is 0 Å². The zero-order valence-electron chi connectivity index (χ0n) is 13.7. The molecule has 3 atom stereocenters. The molecule has 0 aliphatic carbocycles. The molecule has 0 radical (unpaired) electrons. The largest absolute Gasteiger partial charge is 0.480 e. The number of nitrogens with one attached hydrogen (secondary N) is 1. The Labute approximate surface area is 118 Å². The summed E-state index contributed by atoms with van der Waals surface area (Å²) in [6.07, 6.45) is 1.75. The van der Waals surface area contributed by atoms with Crippen LogP contribution < -0.4 is 5.32 Å². The minimum absolute atomic E-state index is 0.160. The molecule has 114 valence electrons. The molecule has 4 heteroatoms. The van der Waals surface area contributed by atoms with Gasteiger partial charge in [-0.25, -0.2) is 0 Å². The predicted octanol–water partition coefficient (Wildman–Crippen LogP) is 2.58. The highest BCUT2D eigenvalue weighted by Crippen LogP contribution is 2.18. The fraction of sp³-hybridized carbons (Fsp3) is 0.933. The molecule has 0 aliphatic rings. The molecule has 0 aromatic rings. The van der Waals surface area contributed by atoms with Gasteiger partial charge >= 0.3 is 5.97 Å². The number of nitrogens with zero attached hydrogens (tertiary/aromatic N) is 1. The van der Waals surface area contributed by atoms with Gasteiger partial charge in [-0.2, -0.15) is 0 Å². The third kappa shape index (κ3) is 6.39. The maximum atomic E-state index is 11.5. The number of rotatable bonds is 9. The molecule has 0 aromatic heterocycles. The Morgan fingerprint density at radius 2 is 1.84 bits per heavy atom. The Morgan fingerprint density at radius 3 is 2.21 bits per heavy atom. The summed E-state index contributed by atoms with van der Waals surface area (Å²) in [5.41, 5.74) is -0.864. The molecule has 0 aliphatic heterocycles. The van der Waals surface area contributed by atoms with E-state index in [1.54, 1.807) is 6.92 Å². The number of hydrogen-bond donors (Lipinski definition) is 2. The molecule has 0 rings (SSSR count). The highest BCUT2D eigenvalue weighted by molar-refractivity contribution is 5.78. The number of carbonyl (C=O) groups is 1.